The second-order valence-electron chi connectivity index (χ2n) is 4.56. The van der Waals surface area contributed by atoms with E-state index in [1.807, 2.05) is 0 Å². The molecule has 1 heteroatoms. The summed E-state index contributed by atoms with van der Waals surface area (Å²) in [6.07, 6.45) is 2.65. The molecule has 0 bridgehead atoms. The van der Waals surface area contributed by atoms with E-state index in [2.05, 4.69) is 38.0 Å². The van der Waals surface area contributed by atoms with E-state index in [4.69, 9.17) is 0 Å². The van der Waals surface area contributed by atoms with Crippen LogP contribution >= 0.6 is 0 Å². The molecule has 0 spiro atoms. The van der Waals surface area contributed by atoms with Gasteiger partial charge in [-0.3, -0.25) is 0 Å². The summed E-state index contributed by atoms with van der Waals surface area (Å²) in [6.45, 7) is 9.16. The van der Waals surface area contributed by atoms with E-state index in [0.29, 0.717) is 5.41 Å². The van der Waals surface area contributed by atoms with Gasteiger partial charge in [-0.25, -0.2) is 0 Å². The number of hydrogen-bond acceptors (Lipinski definition) is 0. The lowest BCUT2D eigenvalue weighted by Gasteiger charge is -2.04. The predicted molar refractivity (Wildman–Crippen MR) is 48.5 cm³/mol. The molecule has 1 fully saturated rings. The molecule has 0 amide bonds. The Morgan fingerprint density at radius 3 is 2.00 bits per heavy atom. The molecule has 0 heterocycles. The minimum atomic E-state index is -1.09. The summed E-state index contributed by atoms with van der Waals surface area (Å²) >= 11 is 0. The zero-order valence-corrected chi connectivity index (χ0v) is 8.41. The molecule has 1 rings (SSSR count). The Morgan fingerprint density at radius 1 is 1.20 bits per heavy atom. The van der Waals surface area contributed by atoms with Gasteiger partial charge in [0.25, 0.3) is 0 Å². The highest BCUT2D eigenvalue weighted by Gasteiger charge is 2.35. The van der Waals surface area contributed by atoms with E-state index < -0.39 is 8.07 Å². The van der Waals surface area contributed by atoms with Crippen LogP contribution in [0.1, 0.15) is 19.8 Å². The van der Waals surface area contributed by atoms with Gasteiger partial charge in [0, 0.05) is 5.41 Å². The van der Waals surface area contributed by atoms with Crippen molar-refractivity contribution in [1.29, 1.82) is 0 Å². The Balaban J connectivity index is 2.54. The van der Waals surface area contributed by atoms with Crippen LogP contribution in [0.3, 0.4) is 0 Å². The molecule has 1 aliphatic carbocycles. The van der Waals surface area contributed by atoms with Crippen molar-refractivity contribution in [2.45, 2.75) is 39.4 Å². The molecule has 0 aliphatic heterocycles. The molecule has 0 unspecified atom stereocenters. The molecule has 1 aliphatic rings. The predicted octanol–water partition coefficient (Wildman–Crippen LogP) is 2.67. The zero-order valence-electron chi connectivity index (χ0n) is 7.41. The quantitative estimate of drug-likeness (QED) is 0.370. The van der Waals surface area contributed by atoms with E-state index in [0.717, 1.165) is 0 Å². The maximum absolute atomic E-state index is 3.41. The third-order valence-electron chi connectivity index (χ3n) is 1.74. The summed E-state index contributed by atoms with van der Waals surface area (Å²) in [5.74, 6) is 3.38. The molecule has 0 atom stereocenters. The van der Waals surface area contributed by atoms with Crippen molar-refractivity contribution in [3.05, 3.63) is 0 Å². The summed E-state index contributed by atoms with van der Waals surface area (Å²) in [7, 11) is -1.09. The fourth-order valence-corrected chi connectivity index (χ4v) is 1.33. The first-order chi connectivity index (χ1) is 4.41. The number of rotatable bonds is 0. The van der Waals surface area contributed by atoms with Crippen LogP contribution in [0.5, 0.6) is 0 Å². The lowest BCUT2D eigenvalue weighted by Crippen LogP contribution is -2.16. The normalized spacial score (nSPS) is 21.2. The smallest absolute Gasteiger partial charge is 0.129 e. The highest BCUT2D eigenvalue weighted by Crippen LogP contribution is 2.44. The van der Waals surface area contributed by atoms with Crippen molar-refractivity contribution < 1.29 is 0 Å². The highest BCUT2D eigenvalue weighted by molar-refractivity contribution is 6.83. The zero-order chi connectivity index (χ0) is 7.83. The van der Waals surface area contributed by atoms with Crippen LogP contribution in [-0.4, -0.2) is 8.07 Å². The van der Waals surface area contributed by atoms with Gasteiger partial charge in [0.05, 0.1) is 0 Å². The van der Waals surface area contributed by atoms with Crippen LogP contribution in [0, 0.1) is 16.9 Å². The molecule has 56 valence electrons. The molecule has 0 radical (unpaired) electrons. The third-order valence-corrected chi connectivity index (χ3v) is 2.61. The second-order valence-corrected chi connectivity index (χ2v) is 9.31. The maximum atomic E-state index is 3.41. The van der Waals surface area contributed by atoms with Gasteiger partial charge < -0.3 is 0 Å². The van der Waals surface area contributed by atoms with E-state index in [1.165, 1.54) is 12.8 Å². The van der Waals surface area contributed by atoms with E-state index in [1.54, 1.807) is 0 Å². The summed E-state index contributed by atoms with van der Waals surface area (Å²) in [6, 6.07) is 0. The van der Waals surface area contributed by atoms with E-state index >= 15 is 0 Å². The summed E-state index contributed by atoms with van der Waals surface area (Å²) in [4.78, 5) is 0. The van der Waals surface area contributed by atoms with Gasteiger partial charge in [-0.1, -0.05) is 19.6 Å². The minimum absolute atomic E-state index is 0.431. The number of hydrogen-bond donors (Lipinski definition) is 0. The average molecular weight is 152 g/mol. The van der Waals surface area contributed by atoms with Crippen molar-refractivity contribution >= 4 is 8.07 Å². The molecule has 0 saturated heterocycles. The lowest BCUT2D eigenvalue weighted by atomic mass is 10.2. The highest BCUT2D eigenvalue weighted by atomic mass is 28.3. The van der Waals surface area contributed by atoms with Gasteiger partial charge in [-0.15, -0.1) is 11.5 Å². The van der Waals surface area contributed by atoms with E-state index in [-0.39, 0.29) is 0 Å². The second kappa shape index (κ2) is 2.13. The van der Waals surface area contributed by atoms with Crippen LogP contribution in [0.25, 0.3) is 0 Å². The minimum Gasteiger partial charge on any atom is -0.131 e. The summed E-state index contributed by atoms with van der Waals surface area (Å²) in [5, 5.41) is 0. The van der Waals surface area contributed by atoms with Crippen LogP contribution in [0.4, 0.5) is 0 Å². The average Bonchev–Trinajstić information content (AvgIpc) is 2.43. The fraction of sp³-hybridized carbons (Fsp3) is 0.778. The topological polar surface area (TPSA) is 0 Å². The first-order valence-electron chi connectivity index (χ1n) is 3.96. The van der Waals surface area contributed by atoms with Crippen molar-refractivity contribution in [3.63, 3.8) is 0 Å². The molecule has 0 aromatic heterocycles. The Bertz CT molecular complexity index is 174. The fourth-order valence-electron chi connectivity index (χ4n) is 0.651. The standard InChI is InChI=1S/C9H16Si/c1-9(5-6-9)7-8-10(2,3)4/h5-6H2,1-4H3. The van der Waals surface area contributed by atoms with Crippen molar-refractivity contribution in [2.24, 2.45) is 5.41 Å². The van der Waals surface area contributed by atoms with Gasteiger partial charge in [0.15, 0.2) is 0 Å². The lowest BCUT2D eigenvalue weighted by molar-refractivity contribution is 0.783. The van der Waals surface area contributed by atoms with Gasteiger partial charge in [0.2, 0.25) is 0 Å². The SMILES string of the molecule is CC1(C#C[Si](C)(C)C)CC1. The molecule has 0 aromatic carbocycles. The largest absolute Gasteiger partial charge is 0.131 e. The van der Waals surface area contributed by atoms with Crippen molar-refractivity contribution in [2.75, 3.05) is 0 Å². The molecular formula is C9H16Si. The van der Waals surface area contributed by atoms with Gasteiger partial charge in [-0.2, -0.15) is 0 Å². The molecule has 0 N–H and O–H groups in total. The van der Waals surface area contributed by atoms with Crippen molar-refractivity contribution in [1.82, 2.24) is 0 Å². The Hall–Kier alpha value is -0.223. The van der Waals surface area contributed by atoms with Crippen LogP contribution in [0.2, 0.25) is 19.6 Å². The first-order valence-corrected chi connectivity index (χ1v) is 7.46. The Kier molecular flexibility index (Phi) is 1.68. The Labute approximate surface area is 65.0 Å². The molecule has 1 saturated carbocycles. The van der Waals surface area contributed by atoms with Crippen molar-refractivity contribution in [3.8, 4) is 11.5 Å². The molecule has 0 aromatic rings. The van der Waals surface area contributed by atoms with Gasteiger partial charge >= 0.3 is 0 Å². The molecule has 0 nitrogen and oxygen atoms in total. The van der Waals surface area contributed by atoms with Crippen LogP contribution in [-0.2, 0) is 0 Å². The maximum Gasteiger partial charge on any atom is 0.129 e. The van der Waals surface area contributed by atoms with Gasteiger partial charge in [0.1, 0.15) is 8.07 Å². The third kappa shape index (κ3) is 2.58. The Morgan fingerprint density at radius 2 is 1.70 bits per heavy atom. The summed E-state index contributed by atoms with van der Waals surface area (Å²) < 4.78 is 0. The molecule has 10 heavy (non-hydrogen) atoms. The van der Waals surface area contributed by atoms with Crippen LogP contribution < -0.4 is 0 Å². The van der Waals surface area contributed by atoms with Crippen LogP contribution in [0.15, 0.2) is 0 Å². The van der Waals surface area contributed by atoms with Gasteiger partial charge in [-0.05, 0) is 19.8 Å². The summed E-state index contributed by atoms with van der Waals surface area (Å²) in [5.41, 5.74) is 3.84. The first kappa shape index (κ1) is 7.88. The van der Waals surface area contributed by atoms with E-state index in [9.17, 15) is 0 Å². The monoisotopic (exact) mass is 152 g/mol. The molecular weight excluding hydrogens is 136 g/mol.